The van der Waals surface area contributed by atoms with Crippen molar-refractivity contribution >= 4 is 50.7 Å². The maximum absolute atomic E-state index is 13.2. The van der Waals surface area contributed by atoms with Gasteiger partial charge in [0, 0.05) is 36.6 Å². The summed E-state index contributed by atoms with van der Waals surface area (Å²) in [4.78, 5) is 27.2. The molecule has 0 heterocycles. The number of sulfonamides is 1. The molecule has 180 valence electrons. The Morgan fingerprint density at radius 3 is 2.03 bits per heavy atom. The van der Waals surface area contributed by atoms with E-state index in [-0.39, 0.29) is 37.7 Å². The maximum Gasteiger partial charge on any atom is 0.242 e. The van der Waals surface area contributed by atoms with Crippen LogP contribution in [0.3, 0.4) is 0 Å². The SMILES string of the molecule is CC[C@H](C(=O)NC)N(Cc1ccc(Cl)cc1)C(=O)CCCN(c1ccc(Cl)cc1)S(C)(=O)=O. The molecule has 0 aliphatic carbocycles. The molecule has 0 unspecified atom stereocenters. The van der Waals surface area contributed by atoms with Crippen LogP contribution in [0.4, 0.5) is 5.69 Å². The molecule has 10 heteroatoms. The van der Waals surface area contributed by atoms with Crippen molar-refractivity contribution < 1.29 is 18.0 Å². The van der Waals surface area contributed by atoms with E-state index in [0.29, 0.717) is 22.2 Å². The molecule has 2 rings (SSSR count). The van der Waals surface area contributed by atoms with Gasteiger partial charge in [-0.1, -0.05) is 42.3 Å². The quantitative estimate of drug-likeness (QED) is 0.490. The van der Waals surface area contributed by atoms with Gasteiger partial charge in [0.15, 0.2) is 0 Å². The third-order valence-electron chi connectivity index (χ3n) is 5.17. The minimum Gasteiger partial charge on any atom is -0.357 e. The number of benzene rings is 2. The first-order valence-electron chi connectivity index (χ1n) is 10.6. The predicted octanol–water partition coefficient (Wildman–Crippen LogP) is 4.09. The number of nitrogens with zero attached hydrogens (tertiary/aromatic N) is 2. The number of halogens is 2. The van der Waals surface area contributed by atoms with E-state index in [0.717, 1.165) is 11.8 Å². The Morgan fingerprint density at radius 2 is 1.55 bits per heavy atom. The lowest BCUT2D eigenvalue weighted by atomic mass is 10.1. The second-order valence-corrected chi connectivity index (χ2v) is 10.4. The van der Waals surface area contributed by atoms with Gasteiger partial charge in [-0.3, -0.25) is 13.9 Å². The lowest BCUT2D eigenvalue weighted by Crippen LogP contribution is -2.48. The molecule has 0 spiro atoms. The number of likely N-dealkylation sites (N-methyl/N-ethyl adjacent to an activating group) is 1. The second-order valence-electron chi connectivity index (χ2n) is 7.60. The number of hydrogen-bond acceptors (Lipinski definition) is 4. The van der Waals surface area contributed by atoms with Crippen molar-refractivity contribution in [2.75, 3.05) is 24.2 Å². The van der Waals surface area contributed by atoms with Crippen LogP contribution in [0, 0.1) is 0 Å². The van der Waals surface area contributed by atoms with Crippen molar-refractivity contribution in [3.8, 4) is 0 Å². The molecule has 1 atom stereocenters. The fourth-order valence-electron chi connectivity index (χ4n) is 3.48. The van der Waals surface area contributed by atoms with E-state index >= 15 is 0 Å². The molecule has 1 N–H and O–H groups in total. The van der Waals surface area contributed by atoms with Gasteiger partial charge in [-0.2, -0.15) is 0 Å². The third kappa shape index (κ3) is 7.91. The monoisotopic (exact) mass is 513 g/mol. The average molecular weight is 514 g/mol. The molecule has 2 amide bonds. The molecule has 2 aromatic rings. The highest BCUT2D eigenvalue weighted by Gasteiger charge is 2.28. The van der Waals surface area contributed by atoms with Crippen LogP contribution in [-0.4, -0.2) is 51.0 Å². The summed E-state index contributed by atoms with van der Waals surface area (Å²) in [7, 11) is -2.02. The number of amides is 2. The summed E-state index contributed by atoms with van der Waals surface area (Å²) in [5, 5.41) is 3.70. The Bertz CT molecular complexity index is 1040. The van der Waals surface area contributed by atoms with E-state index in [9.17, 15) is 18.0 Å². The standard InChI is InChI=1S/C23H29Cl2N3O4S/c1-4-21(23(30)26-2)27(16-17-7-9-18(24)10-8-17)22(29)6-5-15-28(33(3,31)32)20-13-11-19(25)12-14-20/h7-14,21H,4-6,15-16H2,1-3H3,(H,26,30)/t21-/m1/s1. The molecule has 0 aromatic heterocycles. The van der Waals surface area contributed by atoms with Crippen LogP contribution in [0.2, 0.25) is 10.0 Å². The Labute approximate surface area is 205 Å². The van der Waals surface area contributed by atoms with E-state index in [2.05, 4.69) is 5.32 Å². The maximum atomic E-state index is 13.2. The van der Waals surface area contributed by atoms with Crippen molar-refractivity contribution in [2.45, 2.75) is 38.8 Å². The molecule has 2 aromatic carbocycles. The fourth-order valence-corrected chi connectivity index (χ4v) is 4.70. The van der Waals surface area contributed by atoms with E-state index in [1.165, 1.54) is 16.3 Å². The third-order valence-corrected chi connectivity index (χ3v) is 6.86. The van der Waals surface area contributed by atoms with Gasteiger partial charge in [0.25, 0.3) is 0 Å². The average Bonchev–Trinajstić information content (AvgIpc) is 2.77. The van der Waals surface area contributed by atoms with Gasteiger partial charge in [0.2, 0.25) is 21.8 Å². The zero-order valence-electron chi connectivity index (χ0n) is 18.9. The van der Waals surface area contributed by atoms with Crippen LogP contribution in [0.25, 0.3) is 0 Å². The normalized spacial score (nSPS) is 12.2. The Morgan fingerprint density at radius 1 is 1.00 bits per heavy atom. The van der Waals surface area contributed by atoms with Gasteiger partial charge in [-0.05, 0) is 54.8 Å². The number of nitrogens with one attached hydrogen (secondary N) is 1. The molecule has 0 fully saturated rings. The molecular weight excluding hydrogens is 485 g/mol. The number of hydrogen-bond donors (Lipinski definition) is 1. The van der Waals surface area contributed by atoms with E-state index in [4.69, 9.17) is 23.2 Å². The van der Waals surface area contributed by atoms with Gasteiger partial charge >= 0.3 is 0 Å². The molecule has 0 radical (unpaired) electrons. The number of anilines is 1. The molecule has 0 aliphatic rings. The topological polar surface area (TPSA) is 86.8 Å². The molecule has 0 bridgehead atoms. The van der Waals surface area contributed by atoms with Crippen LogP contribution in [-0.2, 0) is 26.2 Å². The molecule has 7 nitrogen and oxygen atoms in total. The molecule has 33 heavy (non-hydrogen) atoms. The minimum atomic E-state index is -3.55. The number of carbonyl (C=O) groups is 2. The van der Waals surface area contributed by atoms with Gasteiger partial charge in [0.1, 0.15) is 6.04 Å². The summed E-state index contributed by atoms with van der Waals surface area (Å²) in [6, 6.07) is 12.9. The van der Waals surface area contributed by atoms with Crippen LogP contribution in [0.5, 0.6) is 0 Å². The lowest BCUT2D eigenvalue weighted by molar-refractivity contribution is -0.141. The van der Waals surface area contributed by atoms with Gasteiger partial charge in [-0.15, -0.1) is 0 Å². The summed E-state index contributed by atoms with van der Waals surface area (Å²) in [6.07, 6.45) is 1.94. The lowest BCUT2D eigenvalue weighted by Gasteiger charge is -2.30. The number of carbonyl (C=O) groups excluding carboxylic acids is 2. The largest absolute Gasteiger partial charge is 0.357 e. The van der Waals surface area contributed by atoms with Crippen molar-refractivity contribution in [1.29, 1.82) is 0 Å². The molecule has 0 aliphatic heterocycles. The first-order valence-corrected chi connectivity index (χ1v) is 13.2. The Kier molecular flexibility index (Phi) is 10.0. The first-order chi connectivity index (χ1) is 15.6. The Hall–Kier alpha value is -2.29. The summed E-state index contributed by atoms with van der Waals surface area (Å²) < 4.78 is 25.9. The fraction of sp³-hybridized carbons (Fsp3) is 0.391. The zero-order chi connectivity index (χ0) is 24.6. The van der Waals surface area contributed by atoms with E-state index in [1.54, 1.807) is 36.4 Å². The zero-order valence-corrected chi connectivity index (χ0v) is 21.3. The smallest absolute Gasteiger partial charge is 0.242 e. The molecule has 0 saturated heterocycles. The Balaban J connectivity index is 2.17. The summed E-state index contributed by atoms with van der Waals surface area (Å²) in [6.45, 7) is 2.21. The highest BCUT2D eigenvalue weighted by molar-refractivity contribution is 7.92. The van der Waals surface area contributed by atoms with Crippen molar-refractivity contribution in [1.82, 2.24) is 10.2 Å². The first kappa shape index (κ1) is 27.0. The van der Waals surface area contributed by atoms with E-state index < -0.39 is 16.1 Å². The van der Waals surface area contributed by atoms with Gasteiger partial charge in [-0.25, -0.2) is 8.42 Å². The summed E-state index contributed by atoms with van der Waals surface area (Å²) in [5.74, 6) is -0.483. The van der Waals surface area contributed by atoms with Gasteiger partial charge < -0.3 is 10.2 Å². The van der Waals surface area contributed by atoms with Crippen LogP contribution < -0.4 is 9.62 Å². The van der Waals surface area contributed by atoms with Crippen molar-refractivity contribution in [3.63, 3.8) is 0 Å². The molecular formula is C23H29Cl2N3O4S. The summed E-state index contributed by atoms with van der Waals surface area (Å²) >= 11 is 11.9. The second kappa shape index (κ2) is 12.3. The van der Waals surface area contributed by atoms with Gasteiger partial charge in [0.05, 0.1) is 11.9 Å². The van der Waals surface area contributed by atoms with Crippen molar-refractivity contribution in [3.05, 3.63) is 64.1 Å². The van der Waals surface area contributed by atoms with Crippen LogP contribution in [0.15, 0.2) is 48.5 Å². The van der Waals surface area contributed by atoms with Crippen LogP contribution in [0.1, 0.15) is 31.7 Å². The predicted molar refractivity (Wildman–Crippen MR) is 133 cm³/mol. The highest BCUT2D eigenvalue weighted by atomic mass is 35.5. The minimum absolute atomic E-state index is 0.0840. The van der Waals surface area contributed by atoms with Crippen molar-refractivity contribution in [2.24, 2.45) is 0 Å². The highest BCUT2D eigenvalue weighted by Crippen LogP contribution is 2.22. The van der Waals surface area contributed by atoms with Crippen LogP contribution >= 0.6 is 23.2 Å². The number of rotatable bonds is 11. The molecule has 0 saturated carbocycles. The van der Waals surface area contributed by atoms with E-state index in [1.807, 2.05) is 19.1 Å². The summed E-state index contributed by atoms with van der Waals surface area (Å²) in [5.41, 5.74) is 1.32.